The molecule has 6 heteroatoms. The predicted molar refractivity (Wildman–Crippen MR) is 85.3 cm³/mol. The SMILES string of the molecule is Cn1nc(Br)cc1C(=O)N1CCCCC(N2CCCC2)C1. The molecule has 0 bridgehead atoms. The van der Waals surface area contributed by atoms with Gasteiger partial charge in [0.1, 0.15) is 10.3 Å². The maximum atomic E-state index is 12.8. The number of hydrogen-bond donors (Lipinski definition) is 0. The molecule has 2 aliphatic rings. The van der Waals surface area contributed by atoms with Gasteiger partial charge in [0.05, 0.1) is 0 Å². The first-order chi connectivity index (χ1) is 10.1. The third-order valence-corrected chi connectivity index (χ3v) is 5.05. The average Bonchev–Trinajstić information content (AvgIpc) is 3.02. The number of aromatic nitrogens is 2. The van der Waals surface area contributed by atoms with Crippen molar-refractivity contribution in [2.75, 3.05) is 26.2 Å². The van der Waals surface area contributed by atoms with E-state index in [4.69, 9.17) is 0 Å². The Morgan fingerprint density at radius 1 is 1.24 bits per heavy atom. The Morgan fingerprint density at radius 3 is 2.62 bits per heavy atom. The van der Waals surface area contributed by atoms with Crippen LogP contribution in [-0.4, -0.2) is 57.7 Å². The highest BCUT2D eigenvalue weighted by molar-refractivity contribution is 9.10. The summed E-state index contributed by atoms with van der Waals surface area (Å²) >= 11 is 3.35. The summed E-state index contributed by atoms with van der Waals surface area (Å²) in [4.78, 5) is 17.4. The lowest BCUT2D eigenvalue weighted by molar-refractivity contribution is 0.0703. The third kappa shape index (κ3) is 3.31. The first kappa shape index (κ1) is 15.0. The van der Waals surface area contributed by atoms with Crippen molar-refractivity contribution in [3.05, 3.63) is 16.4 Å². The summed E-state index contributed by atoms with van der Waals surface area (Å²) in [6, 6.07) is 2.36. The lowest BCUT2D eigenvalue weighted by Gasteiger charge is -2.30. The lowest BCUT2D eigenvalue weighted by Crippen LogP contribution is -2.44. The van der Waals surface area contributed by atoms with Gasteiger partial charge in [-0.2, -0.15) is 5.10 Å². The van der Waals surface area contributed by atoms with Crippen molar-refractivity contribution in [2.24, 2.45) is 7.05 Å². The van der Waals surface area contributed by atoms with Crippen LogP contribution in [-0.2, 0) is 7.05 Å². The largest absolute Gasteiger partial charge is 0.336 e. The molecular formula is C15H23BrN4O. The molecular weight excluding hydrogens is 332 g/mol. The Bertz CT molecular complexity index is 510. The summed E-state index contributed by atoms with van der Waals surface area (Å²) in [7, 11) is 1.83. The second kappa shape index (κ2) is 6.48. The fourth-order valence-electron chi connectivity index (χ4n) is 3.50. The van der Waals surface area contributed by atoms with Crippen molar-refractivity contribution in [2.45, 2.75) is 38.1 Å². The van der Waals surface area contributed by atoms with Crippen molar-refractivity contribution >= 4 is 21.8 Å². The average molecular weight is 355 g/mol. The van der Waals surface area contributed by atoms with Gasteiger partial charge in [-0.15, -0.1) is 0 Å². The molecule has 1 aromatic heterocycles. The molecule has 1 aromatic rings. The quantitative estimate of drug-likeness (QED) is 0.817. The minimum Gasteiger partial charge on any atom is -0.336 e. The van der Waals surface area contributed by atoms with Crippen molar-refractivity contribution in [3.8, 4) is 0 Å². The number of likely N-dealkylation sites (tertiary alicyclic amines) is 2. The molecule has 3 heterocycles. The normalized spacial score (nSPS) is 24.3. The Morgan fingerprint density at radius 2 is 1.95 bits per heavy atom. The Kier molecular flexibility index (Phi) is 4.64. The van der Waals surface area contributed by atoms with Gasteiger partial charge in [-0.25, -0.2) is 0 Å². The van der Waals surface area contributed by atoms with Gasteiger partial charge >= 0.3 is 0 Å². The molecule has 5 nitrogen and oxygen atoms in total. The number of aryl methyl sites for hydroxylation is 1. The van der Waals surface area contributed by atoms with Crippen molar-refractivity contribution in [1.29, 1.82) is 0 Å². The monoisotopic (exact) mass is 354 g/mol. The first-order valence-corrected chi connectivity index (χ1v) is 8.67. The van der Waals surface area contributed by atoms with Gasteiger partial charge in [-0.1, -0.05) is 6.42 Å². The van der Waals surface area contributed by atoms with Crippen LogP contribution in [0.1, 0.15) is 42.6 Å². The zero-order valence-corrected chi connectivity index (χ0v) is 14.2. The fraction of sp³-hybridized carbons (Fsp3) is 0.733. The molecule has 0 aromatic carbocycles. The van der Waals surface area contributed by atoms with E-state index in [1.165, 1.54) is 38.8 Å². The molecule has 2 aliphatic heterocycles. The van der Waals surface area contributed by atoms with E-state index in [0.717, 1.165) is 24.1 Å². The molecule has 0 N–H and O–H groups in total. The van der Waals surface area contributed by atoms with Crippen LogP contribution in [0.3, 0.4) is 0 Å². The van der Waals surface area contributed by atoms with Crippen LogP contribution in [0.4, 0.5) is 0 Å². The molecule has 1 atom stereocenters. The maximum Gasteiger partial charge on any atom is 0.272 e. The molecule has 1 unspecified atom stereocenters. The van der Waals surface area contributed by atoms with Gasteiger partial charge < -0.3 is 4.90 Å². The molecule has 2 saturated heterocycles. The maximum absolute atomic E-state index is 12.8. The second-order valence-corrected chi connectivity index (χ2v) is 6.93. The molecule has 0 spiro atoms. The number of carbonyl (C=O) groups is 1. The van der Waals surface area contributed by atoms with Crippen LogP contribution >= 0.6 is 15.9 Å². The van der Waals surface area contributed by atoms with Crippen LogP contribution in [0.5, 0.6) is 0 Å². The van der Waals surface area contributed by atoms with Crippen LogP contribution in [0.15, 0.2) is 10.7 Å². The molecule has 0 radical (unpaired) electrons. The summed E-state index contributed by atoms with van der Waals surface area (Å²) in [5.41, 5.74) is 0.670. The van der Waals surface area contributed by atoms with E-state index in [2.05, 4.69) is 25.9 Å². The van der Waals surface area contributed by atoms with Crippen LogP contribution in [0.25, 0.3) is 0 Å². The molecule has 21 heavy (non-hydrogen) atoms. The lowest BCUT2D eigenvalue weighted by atomic mass is 10.1. The second-order valence-electron chi connectivity index (χ2n) is 6.12. The molecule has 116 valence electrons. The van der Waals surface area contributed by atoms with Crippen LogP contribution < -0.4 is 0 Å². The van der Waals surface area contributed by atoms with Crippen molar-refractivity contribution in [1.82, 2.24) is 19.6 Å². The topological polar surface area (TPSA) is 41.4 Å². The molecule has 0 saturated carbocycles. The summed E-state index contributed by atoms with van der Waals surface area (Å²) in [6.07, 6.45) is 6.16. The number of nitrogens with zero attached hydrogens (tertiary/aromatic N) is 4. The molecule has 0 aliphatic carbocycles. The van der Waals surface area contributed by atoms with Gasteiger partial charge in [-0.3, -0.25) is 14.4 Å². The summed E-state index contributed by atoms with van der Waals surface area (Å²) < 4.78 is 2.39. The summed E-state index contributed by atoms with van der Waals surface area (Å²) in [6.45, 7) is 4.13. The van der Waals surface area contributed by atoms with E-state index in [0.29, 0.717) is 11.7 Å². The highest BCUT2D eigenvalue weighted by atomic mass is 79.9. The van der Waals surface area contributed by atoms with Gasteiger partial charge in [0, 0.05) is 32.2 Å². The molecule has 2 fully saturated rings. The first-order valence-electron chi connectivity index (χ1n) is 7.88. The molecule has 3 rings (SSSR count). The number of carbonyl (C=O) groups excluding carboxylic acids is 1. The number of hydrogen-bond acceptors (Lipinski definition) is 3. The standard InChI is InChI=1S/C15H23BrN4O/c1-18-13(10-14(16)17-18)15(21)20-9-3-2-6-12(11-20)19-7-4-5-8-19/h10,12H,2-9,11H2,1H3. The minimum atomic E-state index is 0.113. The Hall–Kier alpha value is -0.880. The number of halogens is 1. The number of rotatable bonds is 2. The third-order valence-electron chi connectivity index (χ3n) is 4.66. The van der Waals surface area contributed by atoms with E-state index >= 15 is 0 Å². The highest BCUT2D eigenvalue weighted by Gasteiger charge is 2.29. The van der Waals surface area contributed by atoms with Crippen molar-refractivity contribution in [3.63, 3.8) is 0 Å². The fourth-order valence-corrected chi connectivity index (χ4v) is 3.96. The van der Waals surface area contributed by atoms with E-state index in [-0.39, 0.29) is 5.91 Å². The smallest absolute Gasteiger partial charge is 0.272 e. The predicted octanol–water partition coefficient (Wildman–Crippen LogP) is 2.27. The van der Waals surface area contributed by atoms with E-state index < -0.39 is 0 Å². The van der Waals surface area contributed by atoms with Gasteiger partial charge in [-0.05, 0) is 54.7 Å². The van der Waals surface area contributed by atoms with Crippen LogP contribution in [0, 0.1) is 0 Å². The van der Waals surface area contributed by atoms with E-state index in [1.54, 1.807) is 4.68 Å². The van der Waals surface area contributed by atoms with Gasteiger partial charge in [0.15, 0.2) is 0 Å². The van der Waals surface area contributed by atoms with E-state index in [9.17, 15) is 4.79 Å². The Labute approximate surface area is 134 Å². The summed E-state index contributed by atoms with van der Waals surface area (Å²) in [5.74, 6) is 0.113. The van der Waals surface area contributed by atoms with Gasteiger partial charge in [0.25, 0.3) is 5.91 Å². The summed E-state index contributed by atoms with van der Waals surface area (Å²) in [5, 5.41) is 4.22. The Balaban J connectivity index is 1.73. The van der Waals surface area contributed by atoms with Gasteiger partial charge in [0.2, 0.25) is 0 Å². The zero-order valence-electron chi connectivity index (χ0n) is 12.6. The zero-order chi connectivity index (χ0) is 14.8. The number of amides is 1. The minimum absolute atomic E-state index is 0.113. The van der Waals surface area contributed by atoms with Crippen molar-refractivity contribution < 1.29 is 4.79 Å². The van der Waals surface area contributed by atoms with E-state index in [1.807, 2.05) is 18.0 Å². The highest BCUT2D eigenvalue weighted by Crippen LogP contribution is 2.22. The molecule has 1 amide bonds. The van der Waals surface area contributed by atoms with Crippen LogP contribution in [0.2, 0.25) is 0 Å².